The van der Waals surface area contributed by atoms with Crippen molar-refractivity contribution in [2.24, 2.45) is 0 Å². The first-order valence-electron chi connectivity index (χ1n) is 10.4. The summed E-state index contributed by atoms with van der Waals surface area (Å²) in [7, 11) is 0. The van der Waals surface area contributed by atoms with Gasteiger partial charge < -0.3 is 14.4 Å². The normalized spacial score (nSPS) is 14.1. The number of nitrogens with zero attached hydrogens (tertiary/aromatic N) is 6. The molecule has 1 aliphatic heterocycles. The van der Waals surface area contributed by atoms with E-state index in [0.29, 0.717) is 18.7 Å². The molecule has 3 aromatic heterocycles. The standard InChI is InChI=1S/C24H24N6O/c1-19-7-6-8-20(17-19)30-23(28-11-4-5-12-28)21(18-26-30)24(31)29-15-13-27(14-16-29)22-9-2-3-10-25-22/h2-12,17-18H,13-16H2,1H3. The minimum absolute atomic E-state index is 0.00303. The number of anilines is 1. The molecule has 0 spiro atoms. The lowest BCUT2D eigenvalue weighted by Crippen LogP contribution is -2.49. The molecule has 1 amide bonds. The summed E-state index contributed by atoms with van der Waals surface area (Å²) in [6.07, 6.45) is 7.37. The lowest BCUT2D eigenvalue weighted by atomic mass is 10.2. The van der Waals surface area contributed by atoms with Gasteiger partial charge in [0, 0.05) is 44.8 Å². The van der Waals surface area contributed by atoms with E-state index < -0.39 is 0 Å². The number of aromatic nitrogens is 4. The summed E-state index contributed by atoms with van der Waals surface area (Å²) in [4.78, 5) is 22.0. The van der Waals surface area contributed by atoms with Gasteiger partial charge in [-0.3, -0.25) is 4.79 Å². The van der Waals surface area contributed by atoms with Crippen molar-refractivity contribution in [2.75, 3.05) is 31.1 Å². The summed E-state index contributed by atoms with van der Waals surface area (Å²) in [6.45, 7) is 4.86. The van der Waals surface area contributed by atoms with Crippen molar-refractivity contribution in [3.05, 3.63) is 90.5 Å². The molecule has 1 aliphatic rings. The van der Waals surface area contributed by atoms with E-state index in [4.69, 9.17) is 0 Å². The van der Waals surface area contributed by atoms with E-state index in [9.17, 15) is 4.79 Å². The van der Waals surface area contributed by atoms with Gasteiger partial charge in [-0.05, 0) is 48.9 Å². The Labute approximate surface area is 181 Å². The Morgan fingerprint density at radius 1 is 0.935 bits per heavy atom. The maximum absolute atomic E-state index is 13.5. The van der Waals surface area contributed by atoms with Crippen LogP contribution in [0.3, 0.4) is 0 Å². The van der Waals surface area contributed by atoms with Crippen LogP contribution in [0.2, 0.25) is 0 Å². The quantitative estimate of drug-likeness (QED) is 0.516. The number of hydrogen-bond acceptors (Lipinski definition) is 4. The van der Waals surface area contributed by atoms with E-state index >= 15 is 0 Å². The van der Waals surface area contributed by atoms with Gasteiger partial charge in [0.15, 0.2) is 5.82 Å². The number of carbonyl (C=O) groups excluding carboxylic acids is 1. The van der Waals surface area contributed by atoms with Crippen molar-refractivity contribution in [1.82, 2.24) is 24.2 Å². The van der Waals surface area contributed by atoms with Crippen molar-refractivity contribution in [3.8, 4) is 11.5 Å². The zero-order valence-corrected chi connectivity index (χ0v) is 17.4. The minimum atomic E-state index is 0.00303. The lowest BCUT2D eigenvalue weighted by molar-refractivity contribution is 0.0746. The predicted molar refractivity (Wildman–Crippen MR) is 120 cm³/mol. The van der Waals surface area contributed by atoms with Gasteiger partial charge in [0.05, 0.1) is 11.9 Å². The highest BCUT2D eigenvalue weighted by molar-refractivity contribution is 5.97. The molecule has 156 valence electrons. The maximum Gasteiger partial charge on any atom is 0.259 e. The summed E-state index contributed by atoms with van der Waals surface area (Å²) in [5, 5.41) is 4.59. The number of pyridine rings is 1. The van der Waals surface area contributed by atoms with Crippen LogP contribution in [0.4, 0.5) is 5.82 Å². The third-order valence-corrected chi connectivity index (χ3v) is 5.61. The Morgan fingerprint density at radius 3 is 2.45 bits per heavy atom. The molecule has 4 heterocycles. The molecule has 0 atom stereocenters. The molecule has 0 radical (unpaired) electrons. The van der Waals surface area contributed by atoms with Crippen LogP contribution >= 0.6 is 0 Å². The smallest absolute Gasteiger partial charge is 0.259 e. The molecule has 1 fully saturated rings. The molecular formula is C24H24N6O. The SMILES string of the molecule is Cc1cccc(-n2ncc(C(=O)N3CCN(c4ccccn4)CC3)c2-n2cccc2)c1. The van der Waals surface area contributed by atoms with Gasteiger partial charge in [0.25, 0.3) is 5.91 Å². The monoisotopic (exact) mass is 412 g/mol. The number of rotatable bonds is 4. The fourth-order valence-electron chi connectivity index (χ4n) is 4.02. The highest BCUT2D eigenvalue weighted by Crippen LogP contribution is 2.23. The zero-order valence-electron chi connectivity index (χ0n) is 17.4. The molecule has 31 heavy (non-hydrogen) atoms. The zero-order chi connectivity index (χ0) is 21.2. The first-order valence-corrected chi connectivity index (χ1v) is 10.4. The van der Waals surface area contributed by atoms with Crippen LogP contribution in [-0.2, 0) is 0 Å². The van der Waals surface area contributed by atoms with Crippen LogP contribution in [-0.4, -0.2) is 56.3 Å². The highest BCUT2D eigenvalue weighted by atomic mass is 16.2. The molecule has 0 aliphatic carbocycles. The number of benzene rings is 1. The molecule has 1 aromatic carbocycles. The number of hydrogen-bond donors (Lipinski definition) is 0. The van der Waals surface area contributed by atoms with E-state index in [0.717, 1.165) is 36.0 Å². The molecule has 7 heteroatoms. The molecular weight excluding hydrogens is 388 g/mol. The van der Waals surface area contributed by atoms with Crippen LogP contribution in [0.15, 0.2) is 79.4 Å². The summed E-state index contributed by atoms with van der Waals surface area (Å²) >= 11 is 0. The summed E-state index contributed by atoms with van der Waals surface area (Å²) in [5.74, 6) is 1.71. The van der Waals surface area contributed by atoms with Crippen LogP contribution in [0.1, 0.15) is 15.9 Å². The lowest BCUT2D eigenvalue weighted by Gasteiger charge is -2.35. The average Bonchev–Trinajstić information content (AvgIpc) is 3.49. The summed E-state index contributed by atoms with van der Waals surface area (Å²) in [6, 6.07) is 17.9. The average molecular weight is 412 g/mol. The van der Waals surface area contributed by atoms with Gasteiger partial charge in [0.1, 0.15) is 11.4 Å². The topological polar surface area (TPSA) is 59.2 Å². The van der Waals surface area contributed by atoms with Crippen molar-refractivity contribution < 1.29 is 4.79 Å². The van der Waals surface area contributed by atoms with Gasteiger partial charge in [0.2, 0.25) is 0 Å². The molecule has 0 bridgehead atoms. The van der Waals surface area contributed by atoms with Crippen LogP contribution in [0.25, 0.3) is 11.5 Å². The number of carbonyl (C=O) groups is 1. The van der Waals surface area contributed by atoms with Gasteiger partial charge in [-0.2, -0.15) is 5.10 Å². The Balaban J connectivity index is 1.43. The Bertz CT molecular complexity index is 1170. The second-order valence-corrected chi connectivity index (χ2v) is 7.69. The fraction of sp³-hybridized carbons (Fsp3) is 0.208. The Hall–Kier alpha value is -3.87. The second-order valence-electron chi connectivity index (χ2n) is 7.69. The Morgan fingerprint density at radius 2 is 1.74 bits per heavy atom. The van der Waals surface area contributed by atoms with Crippen LogP contribution < -0.4 is 4.90 Å². The highest BCUT2D eigenvalue weighted by Gasteiger charge is 2.27. The van der Waals surface area contributed by atoms with E-state index in [-0.39, 0.29) is 5.91 Å². The van der Waals surface area contributed by atoms with Crippen LogP contribution in [0.5, 0.6) is 0 Å². The third kappa shape index (κ3) is 3.70. The van der Waals surface area contributed by atoms with Crippen molar-refractivity contribution in [3.63, 3.8) is 0 Å². The molecule has 4 aromatic rings. The fourth-order valence-corrected chi connectivity index (χ4v) is 4.02. The molecule has 5 rings (SSSR count). The van der Waals surface area contributed by atoms with Crippen molar-refractivity contribution in [1.29, 1.82) is 0 Å². The largest absolute Gasteiger partial charge is 0.353 e. The number of amides is 1. The third-order valence-electron chi connectivity index (χ3n) is 5.61. The first-order chi connectivity index (χ1) is 15.2. The van der Waals surface area contributed by atoms with Crippen molar-refractivity contribution >= 4 is 11.7 Å². The molecule has 0 unspecified atom stereocenters. The minimum Gasteiger partial charge on any atom is -0.353 e. The van der Waals surface area contributed by atoms with E-state index in [1.54, 1.807) is 12.4 Å². The van der Waals surface area contributed by atoms with E-state index in [1.165, 1.54) is 0 Å². The predicted octanol–water partition coefficient (Wildman–Crippen LogP) is 3.33. The molecule has 7 nitrogen and oxygen atoms in total. The van der Waals surface area contributed by atoms with Gasteiger partial charge in [-0.25, -0.2) is 9.67 Å². The van der Waals surface area contributed by atoms with E-state index in [1.807, 2.05) is 69.0 Å². The number of aryl methyl sites for hydroxylation is 1. The first kappa shape index (κ1) is 19.1. The van der Waals surface area contributed by atoms with Gasteiger partial charge in [-0.15, -0.1) is 0 Å². The van der Waals surface area contributed by atoms with Crippen LogP contribution in [0, 0.1) is 6.92 Å². The molecule has 1 saturated heterocycles. The van der Waals surface area contributed by atoms with Crippen molar-refractivity contribution in [2.45, 2.75) is 6.92 Å². The maximum atomic E-state index is 13.5. The summed E-state index contributed by atoms with van der Waals surface area (Å²) < 4.78 is 3.79. The number of piperazine rings is 1. The van der Waals surface area contributed by atoms with Gasteiger partial charge >= 0.3 is 0 Å². The van der Waals surface area contributed by atoms with E-state index in [2.05, 4.69) is 34.0 Å². The molecule has 0 N–H and O–H groups in total. The van der Waals surface area contributed by atoms with Gasteiger partial charge in [-0.1, -0.05) is 18.2 Å². The molecule has 0 saturated carbocycles. The summed E-state index contributed by atoms with van der Waals surface area (Å²) in [5.41, 5.74) is 2.68. The second kappa shape index (κ2) is 8.10. The Kier molecular flexibility index (Phi) is 5.00.